The monoisotopic (exact) mass is 518 g/mol. The molecule has 2 N–H and O–H groups in total. The molecule has 1 unspecified atom stereocenters. The number of carbonyl (C=O) groups excluding carboxylic acids is 2. The van der Waals surface area contributed by atoms with Crippen molar-refractivity contribution in [2.45, 2.75) is 113 Å². The van der Waals surface area contributed by atoms with Crippen LogP contribution in [0.15, 0.2) is 0 Å². The molecule has 0 aliphatic carbocycles. The molecule has 1 aliphatic rings. The molecule has 1 aliphatic heterocycles. The summed E-state index contributed by atoms with van der Waals surface area (Å²) < 4.78 is 15.6. The van der Waals surface area contributed by atoms with Crippen LogP contribution in [0.3, 0.4) is 0 Å². The summed E-state index contributed by atoms with van der Waals surface area (Å²) in [6, 6.07) is 0. The molecule has 0 saturated carbocycles. The van der Waals surface area contributed by atoms with Crippen LogP contribution >= 0.6 is 0 Å². The minimum absolute atomic E-state index is 0.0441. The number of hydrogen-bond donors (Lipinski definition) is 2. The number of rotatable bonds is 12. The zero-order valence-corrected chi connectivity index (χ0v) is 24.1. The first-order chi connectivity index (χ1) is 16.4. The van der Waals surface area contributed by atoms with Crippen molar-refractivity contribution in [2.24, 2.45) is 16.2 Å². The molecule has 0 spiro atoms. The van der Waals surface area contributed by atoms with Crippen LogP contribution in [-0.2, 0) is 33.4 Å². The Morgan fingerprint density at radius 3 is 1.44 bits per heavy atom. The number of esters is 2. The van der Waals surface area contributed by atoms with Crippen LogP contribution < -0.4 is 0 Å². The van der Waals surface area contributed by atoms with Crippen molar-refractivity contribution in [1.29, 1.82) is 0 Å². The highest BCUT2D eigenvalue weighted by Crippen LogP contribution is 2.31. The first-order valence-corrected chi connectivity index (χ1v) is 12.8. The third-order valence-electron chi connectivity index (χ3n) is 6.96. The number of aliphatic carboxylic acids is 2. The summed E-state index contributed by atoms with van der Waals surface area (Å²) in [5.41, 5.74) is -1.61. The number of hydrogen-bond acceptors (Lipinski definition) is 7. The maximum atomic E-state index is 11.7. The Hall–Kier alpha value is -2.16. The number of carbonyl (C=O) groups is 4. The smallest absolute Gasteiger partial charge is 0.311 e. The molecule has 0 amide bonds. The summed E-state index contributed by atoms with van der Waals surface area (Å²) >= 11 is 0. The fourth-order valence-corrected chi connectivity index (χ4v) is 2.14. The summed E-state index contributed by atoms with van der Waals surface area (Å²) in [5, 5.41) is 16.7. The van der Waals surface area contributed by atoms with E-state index < -0.39 is 22.8 Å². The van der Waals surface area contributed by atoms with Gasteiger partial charge in [-0.2, -0.15) is 0 Å². The van der Waals surface area contributed by atoms with Crippen LogP contribution in [0, 0.1) is 16.2 Å². The molecule has 0 aromatic rings. The van der Waals surface area contributed by atoms with Gasteiger partial charge < -0.3 is 24.4 Å². The molecular formula is C27H50O9. The van der Waals surface area contributed by atoms with Crippen LogP contribution in [0.4, 0.5) is 0 Å². The first kappa shape index (κ1) is 36.0. The van der Waals surface area contributed by atoms with Crippen molar-refractivity contribution in [2.75, 3.05) is 19.8 Å². The van der Waals surface area contributed by atoms with Crippen molar-refractivity contribution in [3.05, 3.63) is 0 Å². The molecule has 0 aromatic heterocycles. The lowest BCUT2D eigenvalue weighted by molar-refractivity contribution is -0.195. The summed E-state index contributed by atoms with van der Waals surface area (Å²) in [6.07, 6.45) is 3.94. The SMILES string of the molecule is CCC(C)(C)C(=O)O.CCC(C)(C)C(=O)OCCC(=O)O.CCC1(COC(=O)C(C)(C)CC)CCO1. The highest BCUT2D eigenvalue weighted by molar-refractivity contribution is 5.76. The van der Waals surface area contributed by atoms with E-state index in [1.807, 2.05) is 34.6 Å². The van der Waals surface area contributed by atoms with E-state index in [0.29, 0.717) is 19.4 Å². The average molecular weight is 519 g/mol. The third-order valence-corrected chi connectivity index (χ3v) is 6.96. The van der Waals surface area contributed by atoms with E-state index in [0.717, 1.165) is 25.9 Å². The second kappa shape index (κ2) is 15.8. The number of carboxylic acids is 2. The molecule has 9 nitrogen and oxygen atoms in total. The van der Waals surface area contributed by atoms with Crippen LogP contribution in [0.2, 0.25) is 0 Å². The lowest BCUT2D eigenvalue weighted by Crippen LogP contribution is -2.48. The lowest BCUT2D eigenvalue weighted by Gasteiger charge is -2.41. The Morgan fingerprint density at radius 2 is 1.19 bits per heavy atom. The fourth-order valence-electron chi connectivity index (χ4n) is 2.14. The summed E-state index contributed by atoms with van der Waals surface area (Å²) in [6.45, 7) is 19.8. The zero-order valence-electron chi connectivity index (χ0n) is 24.1. The second-order valence-electron chi connectivity index (χ2n) is 11.0. The first-order valence-electron chi connectivity index (χ1n) is 12.8. The molecule has 9 heteroatoms. The van der Waals surface area contributed by atoms with E-state index in [2.05, 4.69) is 6.92 Å². The molecule has 1 atom stereocenters. The summed E-state index contributed by atoms with van der Waals surface area (Å²) in [4.78, 5) is 43.3. The van der Waals surface area contributed by atoms with Crippen molar-refractivity contribution < 1.29 is 43.6 Å². The molecule has 1 heterocycles. The fraction of sp³-hybridized carbons (Fsp3) is 0.852. The topological polar surface area (TPSA) is 136 Å². The van der Waals surface area contributed by atoms with E-state index in [1.165, 1.54) is 0 Å². The quantitative estimate of drug-likeness (QED) is 0.322. The van der Waals surface area contributed by atoms with Crippen LogP contribution in [0.1, 0.15) is 108 Å². The Labute approximate surface area is 217 Å². The van der Waals surface area contributed by atoms with Crippen LogP contribution in [0.5, 0.6) is 0 Å². The highest BCUT2D eigenvalue weighted by atomic mass is 16.6. The third kappa shape index (κ3) is 13.2. The molecule has 1 saturated heterocycles. The van der Waals surface area contributed by atoms with E-state index in [-0.39, 0.29) is 36.0 Å². The minimum Gasteiger partial charge on any atom is -0.481 e. The van der Waals surface area contributed by atoms with E-state index >= 15 is 0 Å². The molecule has 0 radical (unpaired) electrons. The maximum Gasteiger partial charge on any atom is 0.311 e. The Balaban J connectivity index is 0. The summed E-state index contributed by atoms with van der Waals surface area (Å²) in [5.74, 6) is -2.13. The predicted molar refractivity (Wildman–Crippen MR) is 138 cm³/mol. The van der Waals surface area contributed by atoms with Gasteiger partial charge >= 0.3 is 23.9 Å². The van der Waals surface area contributed by atoms with E-state index in [1.54, 1.807) is 27.7 Å². The molecule has 1 rings (SSSR count). The van der Waals surface area contributed by atoms with Crippen LogP contribution in [-0.4, -0.2) is 59.5 Å². The van der Waals surface area contributed by atoms with Crippen molar-refractivity contribution in [3.8, 4) is 0 Å². The molecule has 0 aromatic carbocycles. The Kier molecular flexibility index (Phi) is 15.8. The number of ether oxygens (including phenoxy) is 3. The Bertz CT molecular complexity index is 699. The van der Waals surface area contributed by atoms with Gasteiger partial charge in [0.2, 0.25) is 0 Å². The van der Waals surface area contributed by atoms with Crippen molar-refractivity contribution in [3.63, 3.8) is 0 Å². The molecule has 36 heavy (non-hydrogen) atoms. The zero-order chi connectivity index (χ0) is 28.8. The highest BCUT2D eigenvalue weighted by Gasteiger charge is 2.39. The summed E-state index contributed by atoms with van der Waals surface area (Å²) in [7, 11) is 0. The minimum atomic E-state index is -0.956. The van der Waals surface area contributed by atoms with Crippen LogP contribution in [0.25, 0.3) is 0 Å². The Morgan fingerprint density at radius 1 is 0.778 bits per heavy atom. The van der Waals surface area contributed by atoms with Gasteiger partial charge in [0.25, 0.3) is 0 Å². The standard InChI is InChI=1S/C12H22O3.C9H16O4.C6H12O2/c1-5-11(3,4)10(13)14-9-12(6-2)7-8-15-12;1-4-9(2,3)8(12)13-6-5-7(10)11;1-4-6(2,3)5(7)8/h5-9H2,1-4H3;4-6H2,1-3H3,(H,10,11);4H2,1-3H3,(H,7,8). The van der Waals surface area contributed by atoms with Gasteiger partial charge in [0.05, 0.1) is 29.3 Å². The van der Waals surface area contributed by atoms with Gasteiger partial charge in [-0.1, -0.05) is 27.7 Å². The second-order valence-corrected chi connectivity index (χ2v) is 11.0. The normalized spacial score (nSPS) is 17.3. The number of carboxylic acid groups (broad SMARTS) is 2. The maximum absolute atomic E-state index is 11.7. The average Bonchev–Trinajstić information content (AvgIpc) is 2.78. The van der Waals surface area contributed by atoms with E-state index in [4.69, 9.17) is 24.4 Å². The van der Waals surface area contributed by atoms with Crippen molar-refractivity contribution >= 4 is 23.9 Å². The van der Waals surface area contributed by atoms with Gasteiger partial charge in [-0.15, -0.1) is 0 Å². The van der Waals surface area contributed by atoms with Gasteiger partial charge in [0.1, 0.15) is 18.8 Å². The molecule has 1 fully saturated rings. The molecule has 212 valence electrons. The van der Waals surface area contributed by atoms with E-state index in [9.17, 15) is 19.2 Å². The predicted octanol–water partition coefficient (Wildman–Crippen LogP) is 5.48. The van der Waals surface area contributed by atoms with Gasteiger partial charge in [-0.3, -0.25) is 19.2 Å². The van der Waals surface area contributed by atoms with Crippen molar-refractivity contribution in [1.82, 2.24) is 0 Å². The lowest BCUT2D eigenvalue weighted by atomic mass is 9.90. The van der Waals surface area contributed by atoms with Gasteiger partial charge in [0, 0.05) is 6.42 Å². The van der Waals surface area contributed by atoms with Gasteiger partial charge in [-0.05, 0) is 67.2 Å². The largest absolute Gasteiger partial charge is 0.481 e. The molecular weight excluding hydrogens is 468 g/mol. The van der Waals surface area contributed by atoms with Gasteiger partial charge in [-0.25, -0.2) is 0 Å². The molecule has 0 bridgehead atoms. The van der Waals surface area contributed by atoms with Gasteiger partial charge in [0.15, 0.2) is 0 Å².